The number of nitrogens with zero attached hydrogens (tertiary/aromatic N) is 2. The van der Waals surface area contributed by atoms with Crippen LogP contribution in [0.15, 0.2) is 29.0 Å². The van der Waals surface area contributed by atoms with E-state index in [4.69, 9.17) is 0 Å². The van der Waals surface area contributed by atoms with Crippen LogP contribution in [-0.4, -0.2) is 21.7 Å². The average Bonchev–Trinajstić information content (AvgIpc) is 3.09. The third-order valence-corrected chi connectivity index (χ3v) is 3.65. The molecule has 0 unspecified atom stereocenters. The number of aromatic nitrogens is 2. The van der Waals surface area contributed by atoms with Crippen LogP contribution in [0.1, 0.15) is 28.8 Å². The number of carbonyl (C=O) groups is 1. The molecule has 0 saturated heterocycles. The molecule has 1 aromatic heterocycles. The number of rotatable bonds is 3. The zero-order valence-corrected chi connectivity index (χ0v) is 12.4. The number of halogens is 2. The maximum atomic E-state index is 14.0. The molecule has 20 heavy (non-hydrogen) atoms. The third kappa shape index (κ3) is 2.60. The standard InChI is InChI=1S/C14H13BrFN3O/c1-8-4-12(16)11(14(20)18-10-2-3-10)5-13(8)19-7-9(15)6-17-19/h4-7,10H,2-3H2,1H3,(H,18,20). The van der Waals surface area contributed by atoms with Crippen molar-refractivity contribution >= 4 is 21.8 Å². The Morgan fingerprint density at radius 2 is 2.25 bits per heavy atom. The van der Waals surface area contributed by atoms with E-state index in [1.807, 2.05) is 0 Å². The lowest BCUT2D eigenvalue weighted by Gasteiger charge is -2.10. The zero-order chi connectivity index (χ0) is 14.3. The van der Waals surface area contributed by atoms with Gasteiger partial charge in [0, 0.05) is 12.2 Å². The molecule has 1 N–H and O–H groups in total. The van der Waals surface area contributed by atoms with Gasteiger partial charge >= 0.3 is 0 Å². The Balaban J connectivity index is 2.00. The molecule has 1 aliphatic rings. The molecule has 2 aromatic rings. The van der Waals surface area contributed by atoms with Crippen LogP contribution in [0, 0.1) is 12.7 Å². The lowest BCUT2D eigenvalue weighted by molar-refractivity contribution is 0.0947. The van der Waals surface area contributed by atoms with Crippen LogP contribution >= 0.6 is 15.9 Å². The summed E-state index contributed by atoms with van der Waals surface area (Å²) in [5.41, 5.74) is 1.48. The van der Waals surface area contributed by atoms with Crippen LogP contribution < -0.4 is 5.32 Å². The van der Waals surface area contributed by atoms with Crippen molar-refractivity contribution in [1.29, 1.82) is 0 Å². The summed E-state index contributed by atoms with van der Waals surface area (Å²) in [5, 5.41) is 6.96. The van der Waals surface area contributed by atoms with Crippen molar-refractivity contribution in [3.63, 3.8) is 0 Å². The second kappa shape index (κ2) is 5.01. The molecule has 1 heterocycles. The number of carbonyl (C=O) groups excluding carboxylic acids is 1. The summed E-state index contributed by atoms with van der Waals surface area (Å²) < 4.78 is 16.4. The van der Waals surface area contributed by atoms with Gasteiger partial charge in [0.1, 0.15) is 5.82 Å². The lowest BCUT2D eigenvalue weighted by Crippen LogP contribution is -2.26. The maximum Gasteiger partial charge on any atom is 0.254 e. The average molecular weight is 338 g/mol. The van der Waals surface area contributed by atoms with Crippen molar-refractivity contribution in [2.75, 3.05) is 0 Å². The largest absolute Gasteiger partial charge is 0.349 e. The number of benzene rings is 1. The number of hydrogen-bond acceptors (Lipinski definition) is 2. The van der Waals surface area contributed by atoms with Gasteiger partial charge in [0.05, 0.1) is 21.9 Å². The van der Waals surface area contributed by atoms with Gasteiger partial charge in [0.15, 0.2) is 0 Å². The van der Waals surface area contributed by atoms with Crippen LogP contribution in [0.3, 0.4) is 0 Å². The molecule has 1 amide bonds. The van der Waals surface area contributed by atoms with Gasteiger partial charge < -0.3 is 5.32 Å². The van der Waals surface area contributed by atoms with Gasteiger partial charge in [0.25, 0.3) is 5.91 Å². The highest BCUT2D eigenvalue weighted by Gasteiger charge is 2.25. The summed E-state index contributed by atoms with van der Waals surface area (Å²) in [4.78, 5) is 12.0. The highest BCUT2D eigenvalue weighted by atomic mass is 79.9. The van der Waals surface area contributed by atoms with Crippen LogP contribution in [0.25, 0.3) is 5.69 Å². The van der Waals surface area contributed by atoms with E-state index < -0.39 is 5.82 Å². The van der Waals surface area contributed by atoms with E-state index in [-0.39, 0.29) is 17.5 Å². The first-order valence-corrected chi connectivity index (χ1v) is 7.15. The van der Waals surface area contributed by atoms with E-state index in [2.05, 4.69) is 26.3 Å². The highest BCUT2D eigenvalue weighted by Crippen LogP contribution is 2.23. The van der Waals surface area contributed by atoms with Crippen molar-refractivity contribution in [3.05, 3.63) is 45.9 Å². The number of aryl methyl sites for hydroxylation is 1. The first-order valence-electron chi connectivity index (χ1n) is 6.36. The number of amides is 1. The van der Waals surface area contributed by atoms with E-state index in [0.29, 0.717) is 5.69 Å². The minimum Gasteiger partial charge on any atom is -0.349 e. The van der Waals surface area contributed by atoms with Gasteiger partial charge in [-0.3, -0.25) is 4.79 Å². The van der Waals surface area contributed by atoms with Gasteiger partial charge in [0.2, 0.25) is 0 Å². The van der Waals surface area contributed by atoms with Crippen LogP contribution in [0.5, 0.6) is 0 Å². The van der Waals surface area contributed by atoms with Crippen molar-refractivity contribution < 1.29 is 9.18 Å². The van der Waals surface area contributed by atoms with Gasteiger partial charge in [-0.1, -0.05) is 0 Å². The first kappa shape index (κ1) is 13.3. The SMILES string of the molecule is Cc1cc(F)c(C(=O)NC2CC2)cc1-n1cc(Br)cn1. The maximum absolute atomic E-state index is 14.0. The number of hydrogen-bond donors (Lipinski definition) is 1. The minimum atomic E-state index is -0.504. The number of nitrogens with one attached hydrogen (secondary N) is 1. The molecule has 104 valence electrons. The molecule has 1 fully saturated rings. The van der Waals surface area contributed by atoms with Crippen LogP contribution in [-0.2, 0) is 0 Å². The molecule has 0 radical (unpaired) electrons. The van der Waals surface area contributed by atoms with E-state index in [0.717, 1.165) is 22.9 Å². The Kier molecular flexibility index (Phi) is 3.33. The van der Waals surface area contributed by atoms with Crippen LogP contribution in [0.4, 0.5) is 4.39 Å². The smallest absolute Gasteiger partial charge is 0.254 e. The fourth-order valence-electron chi connectivity index (χ4n) is 2.01. The molecule has 1 saturated carbocycles. The van der Waals surface area contributed by atoms with Crippen molar-refractivity contribution in [1.82, 2.24) is 15.1 Å². The Bertz CT molecular complexity index is 679. The van der Waals surface area contributed by atoms with Crippen molar-refractivity contribution in [3.8, 4) is 5.69 Å². The summed E-state index contributed by atoms with van der Waals surface area (Å²) in [6, 6.07) is 3.11. The molecule has 0 bridgehead atoms. The Morgan fingerprint density at radius 1 is 1.50 bits per heavy atom. The van der Waals surface area contributed by atoms with Crippen molar-refractivity contribution in [2.24, 2.45) is 0 Å². The summed E-state index contributed by atoms with van der Waals surface area (Å²) in [5.74, 6) is -0.868. The minimum absolute atomic E-state index is 0.0594. The second-order valence-corrected chi connectivity index (χ2v) is 5.89. The van der Waals surface area contributed by atoms with E-state index >= 15 is 0 Å². The van der Waals surface area contributed by atoms with Gasteiger partial charge in [-0.15, -0.1) is 0 Å². The quantitative estimate of drug-likeness (QED) is 0.935. The molecule has 1 aliphatic carbocycles. The third-order valence-electron chi connectivity index (χ3n) is 3.24. The van der Waals surface area contributed by atoms with Gasteiger partial charge in [-0.2, -0.15) is 5.10 Å². The molecule has 3 rings (SSSR count). The Morgan fingerprint density at radius 3 is 2.85 bits per heavy atom. The normalized spacial score (nSPS) is 14.3. The summed E-state index contributed by atoms with van der Waals surface area (Å²) >= 11 is 3.32. The fraction of sp³-hybridized carbons (Fsp3) is 0.286. The Labute approximate surface area is 124 Å². The second-order valence-electron chi connectivity index (χ2n) is 4.97. The molecule has 0 spiro atoms. The van der Waals surface area contributed by atoms with Crippen LogP contribution in [0.2, 0.25) is 0 Å². The predicted octanol–water partition coefficient (Wildman–Crippen LogP) is 2.97. The Hall–Kier alpha value is -1.69. The van der Waals surface area contributed by atoms with E-state index in [9.17, 15) is 9.18 Å². The van der Waals surface area contributed by atoms with E-state index in [1.54, 1.807) is 30.1 Å². The fourth-order valence-corrected chi connectivity index (χ4v) is 2.29. The highest BCUT2D eigenvalue weighted by molar-refractivity contribution is 9.10. The topological polar surface area (TPSA) is 46.9 Å². The predicted molar refractivity (Wildman–Crippen MR) is 76.4 cm³/mol. The molecule has 4 nitrogen and oxygen atoms in total. The van der Waals surface area contributed by atoms with E-state index in [1.165, 1.54) is 6.07 Å². The summed E-state index contributed by atoms with van der Waals surface area (Å²) in [6.45, 7) is 1.79. The lowest BCUT2D eigenvalue weighted by atomic mass is 10.1. The van der Waals surface area contributed by atoms with Gasteiger partial charge in [-0.25, -0.2) is 9.07 Å². The molecule has 1 aromatic carbocycles. The molecule has 6 heteroatoms. The van der Waals surface area contributed by atoms with Crippen molar-refractivity contribution in [2.45, 2.75) is 25.8 Å². The molecule has 0 atom stereocenters. The zero-order valence-electron chi connectivity index (χ0n) is 10.9. The summed E-state index contributed by atoms with van der Waals surface area (Å²) in [7, 11) is 0. The van der Waals surface area contributed by atoms with Gasteiger partial charge in [-0.05, 0) is 53.4 Å². The molecule has 0 aliphatic heterocycles. The molecular weight excluding hydrogens is 325 g/mol. The molecular formula is C14H13BrFN3O. The monoisotopic (exact) mass is 337 g/mol. The first-order chi connectivity index (χ1) is 9.54. The summed E-state index contributed by atoms with van der Waals surface area (Å²) in [6.07, 6.45) is 5.35.